The van der Waals surface area contributed by atoms with Gasteiger partial charge in [0.2, 0.25) is 6.41 Å². The number of rotatable bonds is 4. The van der Waals surface area contributed by atoms with Crippen molar-refractivity contribution in [2.24, 2.45) is 0 Å². The van der Waals surface area contributed by atoms with Gasteiger partial charge in [0.25, 0.3) is 0 Å². The summed E-state index contributed by atoms with van der Waals surface area (Å²) in [6.45, 7) is 1.85. The molecule has 0 heterocycles. The molecule has 0 aromatic carbocycles. The molecule has 1 amide bonds. The number of ether oxygens (including phenoxy) is 1. The fourth-order valence-electron chi connectivity index (χ4n) is 0.452. The monoisotopic (exact) mass is 141 g/mol. The molecule has 0 saturated carbocycles. The molecule has 0 aliphatic rings. The predicted molar refractivity (Wildman–Crippen MR) is 39.1 cm³/mol. The highest BCUT2D eigenvalue weighted by Crippen LogP contribution is 1.94. The summed E-state index contributed by atoms with van der Waals surface area (Å²) in [6, 6.07) is 0. The van der Waals surface area contributed by atoms with Gasteiger partial charge in [0, 0.05) is 6.20 Å². The van der Waals surface area contributed by atoms with Crippen molar-refractivity contribution in [2.45, 2.75) is 6.92 Å². The smallest absolute Gasteiger partial charge is 0.211 e. The average Bonchev–Trinajstić information content (AvgIpc) is 1.99. The van der Waals surface area contributed by atoms with E-state index >= 15 is 0 Å². The lowest BCUT2D eigenvalue weighted by Gasteiger charge is -1.96. The lowest BCUT2D eigenvalue weighted by atomic mass is 10.4. The number of amides is 1. The first-order valence-corrected chi connectivity index (χ1v) is 2.91. The van der Waals surface area contributed by atoms with Gasteiger partial charge in [0.15, 0.2) is 0 Å². The van der Waals surface area contributed by atoms with Crippen molar-refractivity contribution in [3.8, 4) is 0 Å². The summed E-state index contributed by atoms with van der Waals surface area (Å²) in [5.41, 5.74) is 0. The first-order valence-electron chi connectivity index (χ1n) is 2.91. The summed E-state index contributed by atoms with van der Waals surface area (Å²) in [6.07, 6.45) is 5.56. The van der Waals surface area contributed by atoms with E-state index in [1.165, 1.54) is 6.20 Å². The van der Waals surface area contributed by atoms with Crippen LogP contribution in [0.2, 0.25) is 0 Å². The topological polar surface area (TPSA) is 38.3 Å². The van der Waals surface area contributed by atoms with Gasteiger partial charge >= 0.3 is 0 Å². The maximum Gasteiger partial charge on any atom is 0.211 e. The SMILES string of the molecule is C/C=C(\C=C/NC=O)OC. The molecule has 10 heavy (non-hydrogen) atoms. The molecule has 0 fully saturated rings. The van der Waals surface area contributed by atoms with Gasteiger partial charge in [-0.15, -0.1) is 0 Å². The molecule has 0 radical (unpaired) electrons. The maximum absolute atomic E-state index is 9.74. The van der Waals surface area contributed by atoms with E-state index in [1.54, 1.807) is 19.3 Å². The molecule has 0 rings (SSSR count). The molecule has 0 aromatic heterocycles. The van der Waals surface area contributed by atoms with Crippen LogP contribution < -0.4 is 5.32 Å². The van der Waals surface area contributed by atoms with Crippen molar-refractivity contribution in [1.82, 2.24) is 5.32 Å². The molecule has 0 spiro atoms. The second-order valence-corrected chi connectivity index (χ2v) is 1.51. The van der Waals surface area contributed by atoms with Crippen LogP contribution >= 0.6 is 0 Å². The van der Waals surface area contributed by atoms with Gasteiger partial charge in [-0.25, -0.2) is 0 Å². The van der Waals surface area contributed by atoms with Crippen molar-refractivity contribution in [2.75, 3.05) is 7.11 Å². The van der Waals surface area contributed by atoms with E-state index < -0.39 is 0 Å². The fraction of sp³-hybridized carbons (Fsp3) is 0.286. The molecular formula is C7H11NO2. The van der Waals surface area contributed by atoms with E-state index in [-0.39, 0.29) is 0 Å². The number of hydrogen-bond donors (Lipinski definition) is 1. The number of nitrogens with one attached hydrogen (secondary N) is 1. The summed E-state index contributed by atoms with van der Waals surface area (Å²) in [4.78, 5) is 9.74. The lowest BCUT2D eigenvalue weighted by Crippen LogP contribution is -1.98. The molecule has 56 valence electrons. The minimum atomic E-state index is 0.597. The van der Waals surface area contributed by atoms with E-state index in [0.717, 1.165) is 0 Å². The second-order valence-electron chi connectivity index (χ2n) is 1.51. The first-order chi connectivity index (χ1) is 4.85. The zero-order valence-corrected chi connectivity index (χ0v) is 6.13. The molecular weight excluding hydrogens is 130 g/mol. The average molecular weight is 141 g/mol. The van der Waals surface area contributed by atoms with Crippen LogP contribution in [0.3, 0.4) is 0 Å². The summed E-state index contributed by atoms with van der Waals surface area (Å²) in [7, 11) is 1.57. The highest BCUT2D eigenvalue weighted by molar-refractivity contribution is 5.48. The number of allylic oxidation sites excluding steroid dienone is 2. The molecule has 3 heteroatoms. The van der Waals surface area contributed by atoms with E-state index in [1.807, 2.05) is 6.92 Å². The third-order valence-electron chi connectivity index (χ3n) is 0.932. The molecule has 1 N–H and O–H groups in total. The van der Waals surface area contributed by atoms with Gasteiger partial charge in [0.1, 0.15) is 5.76 Å². The molecule has 0 aliphatic carbocycles. The van der Waals surface area contributed by atoms with Crippen LogP contribution in [-0.2, 0) is 9.53 Å². The van der Waals surface area contributed by atoms with Gasteiger partial charge in [0.05, 0.1) is 7.11 Å². The van der Waals surface area contributed by atoms with Crippen LogP contribution in [0.4, 0.5) is 0 Å². The fourth-order valence-corrected chi connectivity index (χ4v) is 0.452. The van der Waals surface area contributed by atoms with Gasteiger partial charge in [-0.05, 0) is 19.1 Å². The largest absolute Gasteiger partial charge is 0.497 e. The third kappa shape index (κ3) is 3.72. The molecule has 0 aliphatic heterocycles. The zero-order valence-electron chi connectivity index (χ0n) is 6.13. The Morgan fingerprint density at radius 2 is 2.30 bits per heavy atom. The maximum atomic E-state index is 9.74. The quantitative estimate of drug-likeness (QED) is 0.357. The van der Waals surface area contributed by atoms with Crippen LogP contribution in [0.25, 0.3) is 0 Å². The van der Waals surface area contributed by atoms with Crippen LogP contribution in [0, 0.1) is 0 Å². The van der Waals surface area contributed by atoms with Crippen molar-refractivity contribution in [1.29, 1.82) is 0 Å². The Morgan fingerprint density at radius 3 is 2.70 bits per heavy atom. The van der Waals surface area contributed by atoms with Gasteiger partial charge in [-0.1, -0.05) is 0 Å². The normalized spacial score (nSPS) is 11.6. The Bertz CT molecular complexity index is 150. The number of methoxy groups -OCH3 is 1. The Balaban J connectivity index is 3.73. The lowest BCUT2D eigenvalue weighted by molar-refractivity contribution is -0.108. The Labute approximate surface area is 60.4 Å². The standard InChI is InChI=1S/C7H11NO2/c1-3-7(10-2)4-5-8-6-9/h3-6H,1-2H3,(H,8,9)/b5-4-,7-3+. The Kier molecular flexibility index (Phi) is 5.14. The Hall–Kier alpha value is -1.25. The molecule has 0 unspecified atom stereocenters. The second kappa shape index (κ2) is 5.88. The summed E-state index contributed by atoms with van der Waals surface area (Å²) in [5.74, 6) is 0.717. The van der Waals surface area contributed by atoms with Gasteiger partial charge in [-0.3, -0.25) is 4.79 Å². The van der Waals surface area contributed by atoms with Crippen LogP contribution in [0.5, 0.6) is 0 Å². The summed E-state index contributed by atoms with van der Waals surface area (Å²) in [5, 5.41) is 2.37. The van der Waals surface area contributed by atoms with Crippen molar-refractivity contribution >= 4 is 6.41 Å². The van der Waals surface area contributed by atoms with Crippen molar-refractivity contribution in [3.05, 3.63) is 24.1 Å². The highest BCUT2D eigenvalue weighted by atomic mass is 16.5. The van der Waals surface area contributed by atoms with Crippen molar-refractivity contribution in [3.63, 3.8) is 0 Å². The van der Waals surface area contributed by atoms with Gasteiger partial charge in [-0.2, -0.15) is 0 Å². The summed E-state index contributed by atoms with van der Waals surface area (Å²) >= 11 is 0. The minimum absolute atomic E-state index is 0.597. The number of carbonyl (C=O) groups is 1. The van der Waals surface area contributed by atoms with E-state index in [0.29, 0.717) is 12.2 Å². The molecule has 3 nitrogen and oxygen atoms in total. The minimum Gasteiger partial charge on any atom is -0.497 e. The number of hydrogen-bond acceptors (Lipinski definition) is 2. The van der Waals surface area contributed by atoms with Crippen LogP contribution in [0.15, 0.2) is 24.1 Å². The van der Waals surface area contributed by atoms with Crippen LogP contribution in [-0.4, -0.2) is 13.5 Å². The molecule has 0 atom stereocenters. The van der Waals surface area contributed by atoms with Crippen molar-refractivity contribution < 1.29 is 9.53 Å². The first kappa shape index (κ1) is 8.75. The third-order valence-corrected chi connectivity index (χ3v) is 0.932. The Morgan fingerprint density at radius 1 is 1.60 bits per heavy atom. The zero-order chi connectivity index (χ0) is 7.82. The molecule has 0 saturated heterocycles. The molecule has 0 aromatic rings. The predicted octanol–water partition coefficient (Wildman–Crippen LogP) is 0.796. The summed E-state index contributed by atoms with van der Waals surface area (Å²) < 4.78 is 4.86. The van der Waals surface area contributed by atoms with Crippen LogP contribution in [0.1, 0.15) is 6.92 Å². The van der Waals surface area contributed by atoms with E-state index in [4.69, 9.17) is 4.74 Å². The highest BCUT2D eigenvalue weighted by Gasteiger charge is 1.81. The molecule has 0 bridgehead atoms. The van der Waals surface area contributed by atoms with Gasteiger partial charge < -0.3 is 10.1 Å². The number of carbonyl (C=O) groups excluding carboxylic acids is 1. The van der Waals surface area contributed by atoms with E-state index in [9.17, 15) is 4.79 Å². The van der Waals surface area contributed by atoms with E-state index in [2.05, 4.69) is 5.32 Å².